The highest BCUT2D eigenvalue weighted by molar-refractivity contribution is 6.09. The van der Waals surface area contributed by atoms with Crippen LogP contribution in [0.3, 0.4) is 0 Å². The zero-order valence-corrected chi connectivity index (χ0v) is 25.6. The molecule has 0 unspecified atom stereocenters. The molecule has 1 aromatic heterocycles. The van der Waals surface area contributed by atoms with Crippen molar-refractivity contribution in [3.63, 3.8) is 0 Å². The van der Waals surface area contributed by atoms with Gasteiger partial charge in [0.25, 0.3) is 5.91 Å². The fraction of sp³-hybridized carbons (Fsp3) is 0.282. The molecule has 44 heavy (non-hydrogen) atoms. The smallest absolute Gasteiger partial charge is 0.252 e. The van der Waals surface area contributed by atoms with Crippen molar-refractivity contribution in [3.05, 3.63) is 138 Å². The normalized spacial score (nSPS) is 14.8. The molecule has 2 N–H and O–H groups in total. The van der Waals surface area contributed by atoms with E-state index in [0.717, 1.165) is 65.9 Å². The lowest BCUT2D eigenvalue weighted by Gasteiger charge is -2.32. The van der Waals surface area contributed by atoms with Gasteiger partial charge in [-0.2, -0.15) is 0 Å². The van der Waals surface area contributed by atoms with Gasteiger partial charge >= 0.3 is 0 Å². The van der Waals surface area contributed by atoms with Gasteiger partial charge in [0.1, 0.15) is 0 Å². The van der Waals surface area contributed by atoms with Crippen LogP contribution in [0, 0.1) is 5.92 Å². The van der Waals surface area contributed by atoms with Crippen LogP contribution in [0.5, 0.6) is 0 Å². The Labute approximate surface area is 261 Å². The largest absolute Gasteiger partial charge is 0.345 e. The minimum absolute atomic E-state index is 0.0532. The van der Waals surface area contributed by atoms with Crippen molar-refractivity contribution in [1.82, 2.24) is 20.5 Å². The summed E-state index contributed by atoms with van der Waals surface area (Å²) in [4.78, 5) is 22.0. The number of amides is 1. The van der Waals surface area contributed by atoms with E-state index in [2.05, 4.69) is 77.1 Å². The van der Waals surface area contributed by atoms with Crippen LogP contribution in [0.1, 0.15) is 59.3 Å². The summed E-state index contributed by atoms with van der Waals surface area (Å²) in [5, 5.41) is 8.03. The second-order valence-electron chi connectivity index (χ2n) is 11.9. The van der Waals surface area contributed by atoms with E-state index in [4.69, 9.17) is 4.98 Å². The van der Waals surface area contributed by atoms with Crippen molar-refractivity contribution in [2.24, 2.45) is 5.92 Å². The molecule has 0 radical (unpaired) electrons. The van der Waals surface area contributed by atoms with Crippen LogP contribution in [0.15, 0.2) is 115 Å². The van der Waals surface area contributed by atoms with Crippen LogP contribution in [-0.2, 0) is 13.1 Å². The zero-order chi connectivity index (χ0) is 30.1. The van der Waals surface area contributed by atoms with Crippen molar-refractivity contribution in [2.45, 2.75) is 45.3 Å². The Bertz CT molecular complexity index is 1650. The molecule has 1 aliphatic heterocycles. The van der Waals surface area contributed by atoms with Crippen LogP contribution in [-0.4, -0.2) is 35.4 Å². The van der Waals surface area contributed by atoms with Gasteiger partial charge in [-0.15, -0.1) is 0 Å². The van der Waals surface area contributed by atoms with Crippen LogP contribution < -0.4 is 10.6 Å². The summed E-state index contributed by atoms with van der Waals surface area (Å²) < 4.78 is 0. The number of nitrogens with zero attached hydrogens (tertiary/aromatic N) is 2. The molecular formula is C39H42N4O. The van der Waals surface area contributed by atoms with E-state index in [1.807, 2.05) is 60.7 Å². The summed E-state index contributed by atoms with van der Waals surface area (Å²) in [6.45, 7) is 6.86. The maximum absolute atomic E-state index is 14.3. The molecule has 6 rings (SSSR count). The van der Waals surface area contributed by atoms with Gasteiger partial charge in [0.2, 0.25) is 0 Å². The van der Waals surface area contributed by atoms with Gasteiger partial charge < -0.3 is 10.6 Å². The van der Waals surface area contributed by atoms with Crippen molar-refractivity contribution < 1.29 is 4.79 Å². The van der Waals surface area contributed by atoms with E-state index in [-0.39, 0.29) is 11.9 Å². The lowest BCUT2D eigenvalue weighted by atomic mass is 9.94. The zero-order valence-electron chi connectivity index (χ0n) is 25.6. The summed E-state index contributed by atoms with van der Waals surface area (Å²) >= 11 is 0. The molecule has 1 saturated heterocycles. The predicted molar refractivity (Wildman–Crippen MR) is 180 cm³/mol. The first-order chi connectivity index (χ1) is 21.7. The first-order valence-electron chi connectivity index (χ1n) is 16.0. The van der Waals surface area contributed by atoms with Gasteiger partial charge in [-0.05, 0) is 62.0 Å². The van der Waals surface area contributed by atoms with Gasteiger partial charge in [0.15, 0.2) is 0 Å². The number of fused-ring (bicyclic) bond motifs is 1. The van der Waals surface area contributed by atoms with Gasteiger partial charge in [0.05, 0.1) is 22.8 Å². The van der Waals surface area contributed by atoms with E-state index >= 15 is 0 Å². The van der Waals surface area contributed by atoms with Crippen molar-refractivity contribution >= 4 is 16.8 Å². The molecule has 2 heterocycles. The van der Waals surface area contributed by atoms with Crippen molar-refractivity contribution in [1.29, 1.82) is 0 Å². The minimum atomic E-state index is -0.0716. The van der Waals surface area contributed by atoms with Crippen LogP contribution in [0.4, 0.5) is 0 Å². The Morgan fingerprint density at radius 1 is 0.841 bits per heavy atom. The van der Waals surface area contributed by atoms with E-state index in [9.17, 15) is 4.79 Å². The summed E-state index contributed by atoms with van der Waals surface area (Å²) in [5.41, 5.74) is 6.89. The summed E-state index contributed by atoms with van der Waals surface area (Å²) in [5.74, 6) is 0.554. The van der Waals surface area contributed by atoms with Crippen molar-refractivity contribution in [2.75, 3.05) is 19.6 Å². The quantitative estimate of drug-likeness (QED) is 0.167. The SMILES string of the molecule is CC[C@H](NC(=O)c1c(CNCC2CCN(Cc3ccccc3)CC2)c(-c2ccccc2)nc2ccccc12)c1ccccc1. The lowest BCUT2D eigenvalue weighted by Crippen LogP contribution is -2.37. The Balaban J connectivity index is 1.25. The molecule has 0 spiro atoms. The Morgan fingerprint density at radius 2 is 1.48 bits per heavy atom. The molecule has 0 saturated carbocycles. The third kappa shape index (κ3) is 7.07. The maximum atomic E-state index is 14.3. The molecular weight excluding hydrogens is 540 g/mol. The topological polar surface area (TPSA) is 57.3 Å². The second kappa shape index (κ2) is 14.4. The minimum Gasteiger partial charge on any atom is -0.345 e. The third-order valence-electron chi connectivity index (χ3n) is 8.87. The summed E-state index contributed by atoms with van der Waals surface area (Å²) in [6, 6.07) is 39.2. The number of hydrogen-bond acceptors (Lipinski definition) is 4. The number of benzene rings is 4. The van der Waals surface area contributed by atoms with Gasteiger partial charge in [0, 0.05) is 29.6 Å². The highest BCUT2D eigenvalue weighted by Gasteiger charge is 2.25. The Kier molecular flexibility index (Phi) is 9.76. The van der Waals surface area contributed by atoms with Crippen LogP contribution in [0.2, 0.25) is 0 Å². The number of nitrogens with one attached hydrogen (secondary N) is 2. The average molecular weight is 583 g/mol. The van der Waals surface area contributed by atoms with Crippen molar-refractivity contribution in [3.8, 4) is 11.3 Å². The highest BCUT2D eigenvalue weighted by Crippen LogP contribution is 2.31. The van der Waals surface area contributed by atoms with E-state index in [1.165, 1.54) is 18.4 Å². The Hall–Kier alpha value is -4.32. The number of para-hydroxylation sites is 1. The first-order valence-corrected chi connectivity index (χ1v) is 16.0. The highest BCUT2D eigenvalue weighted by atomic mass is 16.1. The second-order valence-corrected chi connectivity index (χ2v) is 11.9. The molecule has 5 nitrogen and oxygen atoms in total. The van der Waals surface area contributed by atoms with Gasteiger partial charge in [-0.3, -0.25) is 9.69 Å². The molecule has 1 fully saturated rings. The number of likely N-dealkylation sites (tertiary alicyclic amines) is 1. The number of hydrogen-bond donors (Lipinski definition) is 2. The molecule has 224 valence electrons. The molecule has 1 amide bonds. The summed E-state index contributed by atoms with van der Waals surface area (Å²) in [6.07, 6.45) is 3.15. The molecule has 1 atom stereocenters. The van der Waals surface area contributed by atoms with E-state index in [1.54, 1.807) is 0 Å². The standard InChI is InChI=1S/C39H42N4O/c1-2-35(31-16-8-4-9-17-31)42-39(44)37-33-20-12-13-21-36(33)41-38(32-18-10-5-11-19-32)34(37)27-40-26-29-22-24-43(25-23-29)28-30-14-6-3-7-15-30/h3-21,29,35,40H,2,22-28H2,1H3,(H,42,44)/t35-/m0/s1. The average Bonchev–Trinajstić information content (AvgIpc) is 3.08. The van der Waals surface area contributed by atoms with Crippen LogP contribution in [0.25, 0.3) is 22.2 Å². The number of carbonyl (C=O) groups excluding carboxylic acids is 1. The Morgan fingerprint density at radius 3 is 2.18 bits per heavy atom. The predicted octanol–water partition coefficient (Wildman–Crippen LogP) is 7.78. The molecule has 5 aromatic rings. The lowest BCUT2D eigenvalue weighted by molar-refractivity contribution is 0.0936. The molecule has 0 aliphatic carbocycles. The molecule has 1 aliphatic rings. The summed E-state index contributed by atoms with van der Waals surface area (Å²) in [7, 11) is 0. The third-order valence-corrected chi connectivity index (χ3v) is 8.87. The fourth-order valence-corrected chi connectivity index (χ4v) is 6.45. The molecule has 0 bridgehead atoms. The number of pyridine rings is 1. The van der Waals surface area contributed by atoms with E-state index < -0.39 is 0 Å². The van der Waals surface area contributed by atoms with E-state index in [0.29, 0.717) is 18.0 Å². The maximum Gasteiger partial charge on any atom is 0.252 e. The van der Waals surface area contributed by atoms with Gasteiger partial charge in [-0.1, -0.05) is 116 Å². The monoisotopic (exact) mass is 582 g/mol. The number of aromatic nitrogens is 1. The fourth-order valence-electron chi connectivity index (χ4n) is 6.45. The first kappa shape index (κ1) is 29.7. The number of piperidine rings is 1. The van der Waals surface area contributed by atoms with Crippen LogP contribution >= 0.6 is 0 Å². The number of carbonyl (C=O) groups is 1. The van der Waals surface area contributed by atoms with Gasteiger partial charge in [-0.25, -0.2) is 4.98 Å². The number of rotatable bonds is 11. The molecule has 4 aromatic carbocycles. The molecule has 5 heteroatoms.